The number of fused-ring (bicyclic) bond motifs is 6. The second kappa shape index (κ2) is 8.77. The van der Waals surface area contributed by atoms with Crippen molar-refractivity contribution in [1.82, 2.24) is 9.47 Å². The molecule has 4 aromatic rings. The summed E-state index contributed by atoms with van der Waals surface area (Å²) < 4.78 is 15.1. The van der Waals surface area contributed by atoms with Crippen molar-refractivity contribution in [3.8, 4) is 11.5 Å². The van der Waals surface area contributed by atoms with Gasteiger partial charge in [-0.1, -0.05) is 46.3 Å². The number of aliphatic hydroxyl groups is 1. The average Bonchev–Trinajstić information content (AvgIpc) is 3.17. The van der Waals surface area contributed by atoms with Crippen molar-refractivity contribution < 1.29 is 14.6 Å². The Hall–Kier alpha value is -2.80. The molecule has 2 aliphatic heterocycles. The molecule has 3 aromatic carbocycles. The number of hydrogen-bond donors (Lipinski definition) is 1. The fourth-order valence-corrected chi connectivity index (χ4v) is 5.96. The molecule has 1 aromatic heterocycles. The summed E-state index contributed by atoms with van der Waals surface area (Å²) in [5.74, 6) is 1.58. The normalized spacial score (nSPS) is 17.2. The largest absolute Gasteiger partial charge is 0.493 e. The van der Waals surface area contributed by atoms with Crippen LogP contribution in [0.5, 0.6) is 11.5 Å². The van der Waals surface area contributed by atoms with E-state index in [2.05, 4.69) is 61.8 Å². The van der Waals surface area contributed by atoms with Crippen molar-refractivity contribution >= 4 is 26.8 Å². The molecule has 174 valence electrons. The van der Waals surface area contributed by atoms with E-state index in [9.17, 15) is 5.11 Å². The fourth-order valence-electron chi connectivity index (χ4n) is 5.60. The lowest BCUT2D eigenvalue weighted by molar-refractivity contribution is 0.145. The second-order valence-corrected chi connectivity index (χ2v) is 9.99. The number of hydrogen-bond acceptors (Lipinski definition) is 4. The number of rotatable bonds is 5. The molecular weight excluding hydrogens is 492 g/mol. The zero-order chi connectivity index (χ0) is 23.2. The van der Waals surface area contributed by atoms with Gasteiger partial charge in [-0.3, -0.25) is 4.90 Å². The minimum Gasteiger partial charge on any atom is -0.493 e. The predicted octanol–water partition coefficient (Wildman–Crippen LogP) is 5.60. The third kappa shape index (κ3) is 3.61. The number of aromatic nitrogens is 1. The van der Waals surface area contributed by atoms with Crippen molar-refractivity contribution in [2.75, 3.05) is 13.7 Å². The number of halogens is 1. The van der Waals surface area contributed by atoms with Crippen LogP contribution in [0.4, 0.5) is 0 Å². The maximum atomic E-state index is 10.2. The maximum Gasteiger partial charge on any atom is 0.162 e. The molecule has 1 atom stereocenters. The molecule has 0 spiro atoms. The second-order valence-electron chi connectivity index (χ2n) is 9.07. The molecule has 1 unspecified atom stereocenters. The van der Waals surface area contributed by atoms with E-state index in [1.54, 1.807) is 7.11 Å². The minimum absolute atomic E-state index is 0.00275. The van der Waals surface area contributed by atoms with Gasteiger partial charge in [0.15, 0.2) is 11.5 Å². The molecule has 0 radical (unpaired) electrons. The first-order chi connectivity index (χ1) is 16.7. The van der Waals surface area contributed by atoms with Gasteiger partial charge in [-0.2, -0.15) is 0 Å². The Morgan fingerprint density at radius 2 is 1.91 bits per heavy atom. The van der Waals surface area contributed by atoms with E-state index in [1.165, 1.54) is 27.8 Å². The van der Waals surface area contributed by atoms with Crippen LogP contribution < -0.4 is 9.47 Å². The van der Waals surface area contributed by atoms with Crippen LogP contribution in [0.3, 0.4) is 0 Å². The van der Waals surface area contributed by atoms with E-state index in [4.69, 9.17) is 9.47 Å². The Bertz CT molecular complexity index is 1370. The van der Waals surface area contributed by atoms with Gasteiger partial charge in [0.1, 0.15) is 13.3 Å². The molecular formula is C28H27BrN2O3. The predicted molar refractivity (Wildman–Crippen MR) is 136 cm³/mol. The summed E-state index contributed by atoms with van der Waals surface area (Å²) in [4.78, 5) is 2.54. The first kappa shape index (κ1) is 21.7. The van der Waals surface area contributed by atoms with Gasteiger partial charge in [-0.05, 0) is 65.4 Å². The molecule has 0 saturated carbocycles. The Kier molecular flexibility index (Phi) is 5.60. The van der Waals surface area contributed by atoms with Crippen LogP contribution in [0.25, 0.3) is 10.9 Å². The summed E-state index contributed by atoms with van der Waals surface area (Å²) in [5.41, 5.74) is 7.44. The van der Waals surface area contributed by atoms with Crippen molar-refractivity contribution in [3.05, 3.63) is 93.1 Å². The smallest absolute Gasteiger partial charge is 0.162 e. The number of methoxy groups -OCH3 is 1. The summed E-state index contributed by atoms with van der Waals surface area (Å²) in [6, 6.07) is 21.2. The number of nitrogens with zero attached hydrogens (tertiary/aromatic N) is 2. The summed E-state index contributed by atoms with van der Waals surface area (Å²) in [7, 11) is 1.71. The number of ether oxygens (including phenoxy) is 2. The topological polar surface area (TPSA) is 46.9 Å². The summed E-state index contributed by atoms with van der Waals surface area (Å²) in [6.07, 6.45) is 1.88. The van der Waals surface area contributed by atoms with E-state index in [-0.39, 0.29) is 12.8 Å². The zero-order valence-corrected chi connectivity index (χ0v) is 20.7. The first-order valence-electron chi connectivity index (χ1n) is 11.7. The third-order valence-corrected chi connectivity index (χ3v) is 7.76. The van der Waals surface area contributed by atoms with E-state index in [0.29, 0.717) is 6.61 Å². The van der Waals surface area contributed by atoms with Crippen LogP contribution in [-0.4, -0.2) is 28.2 Å². The molecule has 5 nitrogen and oxygen atoms in total. The highest BCUT2D eigenvalue weighted by molar-refractivity contribution is 9.10. The Morgan fingerprint density at radius 3 is 2.71 bits per heavy atom. The van der Waals surface area contributed by atoms with Gasteiger partial charge >= 0.3 is 0 Å². The standard InChI is InChI=1S/C28H27BrN2O3/c1-33-27-11-19-9-10-30-15-26-23(22-12-20(29)7-8-24(22)31(26)17-32)13-25(30)21(19)14-28(27)34-16-18-5-3-2-4-6-18/h2-8,11-12,14,25,32H,9-10,13,15-17H2,1H3. The van der Waals surface area contributed by atoms with Crippen LogP contribution in [0.15, 0.2) is 65.1 Å². The zero-order valence-electron chi connectivity index (χ0n) is 19.1. The summed E-state index contributed by atoms with van der Waals surface area (Å²) >= 11 is 3.64. The number of aliphatic hydroxyl groups excluding tert-OH is 1. The Morgan fingerprint density at radius 1 is 1.06 bits per heavy atom. The minimum atomic E-state index is -0.00275. The molecule has 6 rings (SSSR count). The lowest BCUT2D eigenvalue weighted by atomic mass is 9.85. The van der Waals surface area contributed by atoms with Crippen molar-refractivity contribution in [3.63, 3.8) is 0 Å². The van der Waals surface area contributed by atoms with Crippen LogP contribution in [0.2, 0.25) is 0 Å². The highest BCUT2D eigenvalue weighted by atomic mass is 79.9. The average molecular weight is 519 g/mol. The first-order valence-corrected chi connectivity index (χ1v) is 12.5. The van der Waals surface area contributed by atoms with Crippen LogP contribution in [0.1, 0.15) is 34.0 Å². The molecule has 3 heterocycles. The highest BCUT2D eigenvalue weighted by Crippen LogP contribution is 2.45. The van der Waals surface area contributed by atoms with Crippen molar-refractivity contribution in [2.24, 2.45) is 0 Å². The summed E-state index contributed by atoms with van der Waals surface area (Å²) in [6.45, 7) is 2.32. The molecule has 2 aliphatic rings. The van der Waals surface area contributed by atoms with E-state index in [1.807, 2.05) is 24.3 Å². The molecule has 0 amide bonds. The molecule has 1 N–H and O–H groups in total. The fraction of sp³-hybridized carbons (Fsp3) is 0.286. The van der Waals surface area contributed by atoms with Crippen molar-refractivity contribution in [2.45, 2.75) is 38.8 Å². The molecule has 0 fully saturated rings. The number of benzene rings is 3. The molecule has 0 aliphatic carbocycles. The molecule has 0 saturated heterocycles. The van der Waals surface area contributed by atoms with Gasteiger partial charge in [0.25, 0.3) is 0 Å². The van der Waals surface area contributed by atoms with Crippen LogP contribution in [0, 0.1) is 0 Å². The van der Waals surface area contributed by atoms with Crippen LogP contribution in [-0.2, 0) is 32.7 Å². The summed E-state index contributed by atoms with van der Waals surface area (Å²) in [5, 5.41) is 11.4. The quantitative estimate of drug-likeness (QED) is 0.373. The highest BCUT2D eigenvalue weighted by Gasteiger charge is 2.36. The van der Waals surface area contributed by atoms with E-state index >= 15 is 0 Å². The lowest BCUT2D eigenvalue weighted by Gasteiger charge is -2.41. The third-order valence-electron chi connectivity index (χ3n) is 7.27. The Labute approximate surface area is 207 Å². The lowest BCUT2D eigenvalue weighted by Crippen LogP contribution is -2.39. The monoisotopic (exact) mass is 518 g/mol. The van der Waals surface area contributed by atoms with Gasteiger partial charge in [-0.15, -0.1) is 0 Å². The maximum absolute atomic E-state index is 10.2. The van der Waals surface area contributed by atoms with Gasteiger partial charge < -0.3 is 19.1 Å². The van der Waals surface area contributed by atoms with Gasteiger partial charge in [-0.25, -0.2) is 0 Å². The molecule has 6 heteroatoms. The van der Waals surface area contributed by atoms with Crippen molar-refractivity contribution in [1.29, 1.82) is 0 Å². The van der Waals surface area contributed by atoms with Crippen LogP contribution >= 0.6 is 15.9 Å². The SMILES string of the molecule is COc1cc2c(cc1OCc1ccccc1)C1Cc3c(n(CO)c4ccc(Br)cc34)CN1CC2. The molecule has 34 heavy (non-hydrogen) atoms. The van der Waals surface area contributed by atoms with E-state index in [0.717, 1.165) is 53.0 Å². The van der Waals surface area contributed by atoms with Gasteiger partial charge in [0, 0.05) is 34.7 Å². The molecule has 0 bridgehead atoms. The van der Waals surface area contributed by atoms with E-state index < -0.39 is 0 Å². The van der Waals surface area contributed by atoms with Gasteiger partial charge in [0.2, 0.25) is 0 Å². The van der Waals surface area contributed by atoms with Gasteiger partial charge in [0.05, 0.1) is 12.6 Å². The Balaban J connectivity index is 1.39.